The predicted molar refractivity (Wildman–Crippen MR) is 70.4 cm³/mol. The fraction of sp³-hybridized carbons (Fsp3) is 0.133. The third kappa shape index (κ3) is 3.81. The monoisotopic (exact) mass is 259 g/mol. The Morgan fingerprint density at radius 1 is 1.11 bits per heavy atom. The largest absolute Gasteiger partial charge is 0.413 e. The van der Waals surface area contributed by atoms with Crippen molar-refractivity contribution in [3.8, 4) is 5.75 Å². The van der Waals surface area contributed by atoms with Crippen LogP contribution < -0.4 is 10.1 Å². The van der Waals surface area contributed by atoms with E-state index in [1.807, 2.05) is 6.07 Å². The summed E-state index contributed by atoms with van der Waals surface area (Å²) in [7, 11) is 0. The molecule has 0 fully saturated rings. The first-order valence-electron chi connectivity index (χ1n) is 5.94. The van der Waals surface area contributed by atoms with Crippen molar-refractivity contribution in [2.75, 3.05) is 0 Å². The summed E-state index contributed by atoms with van der Waals surface area (Å²) >= 11 is 0. The van der Waals surface area contributed by atoms with Crippen molar-refractivity contribution in [1.82, 2.24) is 5.32 Å². The molecular formula is C15H14FNO2. The number of amides is 1. The minimum absolute atomic E-state index is 0.253. The predicted octanol–water partition coefficient (Wildman–Crippen LogP) is 3.68. The topological polar surface area (TPSA) is 38.3 Å². The molecule has 19 heavy (non-hydrogen) atoms. The maximum atomic E-state index is 12.8. The number of carbonyl (C=O) groups excluding carboxylic acids is 1. The van der Waals surface area contributed by atoms with Crippen LogP contribution in [0.3, 0.4) is 0 Å². The summed E-state index contributed by atoms with van der Waals surface area (Å²) in [5.74, 6) is 0.175. The van der Waals surface area contributed by atoms with Gasteiger partial charge in [0.2, 0.25) is 0 Å². The zero-order valence-corrected chi connectivity index (χ0v) is 10.5. The van der Waals surface area contributed by atoms with Crippen LogP contribution in [0.5, 0.6) is 5.75 Å². The Morgan fingerprint density at radius 3 is 2.37 bits per heavy atom. The van der Waals surface area contributed by atoms with Crippen molar-refractivity contribution in [2.24, 2.45) is 0 Å². The molecule has 1 N–H and O–H groups in total. The summed E-state index contributed by atoms with van der Waals surface area (Å²) in [4.78, 5) is 11.7. The number of nitrogens with one attached hydrogen (secondary N) is 1. The van der Waals surface area contributed by atoms with Crippen LogP contribution in [0.1, 0.15) is 18.5 Å². The Hall–Kier alpha value is -2.36. The van der Waals surface area contributed by atoms with Gasteiger partial charge in [0.1, 0.15) is 11.6 Å². The number of hydrogen-bond acceptors (Lipinski definition) is 2. The molecule has 1 amide bonds. The van der Waals surface area contributed by atoms with Crippen molar-refractivity contribution >= 4 is 6.09 Å². The number of carbonyl (C=O) groups is 1. The van der Waals surface area contributed by atoms with E-state index in [2.05, 4.69) is 5.32 Å². The fourth-order valence-electron chi connectivity index (χ4n) is 1.64. The van der Waals surface area contributed by atoms with Crippen molar-refractivity contribution in [3.63, 3.8) is 0 Å². The molecule has 1 atom stereocenters. The Morgan fingerprint density at radius 2 is 1.74 bits per heavy atom. The molecule has 2 rings (SSSR count). The van der Waals surface area contributed by atoms with Crippen LogP contribution in [0.25, 0.3) is 0 Å². The smallest absolute Gasteiger partial charge is 0.410 e. The van der Waals surface area contributed by atoms with E-state index in [1.165, 1.54) is 12.1 Å². The SMILES string of the molecule is C[C@H](NC(=O)Oc1ccccc1)c1ccc(F)cc1. The molecule has 0 saturated heterocycles. The van der Waals surface area contributed by atoms with E-state index in [0.717, 1.165) is 5.56 Å². The Balaban J connectivity index is 1.93. The van der Waals surface area contributed by atoms with Gasteiger partial charge in [-0.15, -0.1) is 0 Å². The van der Waals surface area contributed by atoms with E-state index < -0.39 is 6.09 Å². The molecule has 0 heterocycles. The lowest BCUT2D eigenvalue weighted by Gasteiger charge is -2.14. The van der Waals surface area contributed by atoms with Crippen molar-refractivity contribution in [1.29, 1.82) is 0 Å². The van der Waals surface area contributed by atoms with Crippen molar-refractivity contribution in [3.05, 3.63) is 66.0 Å². The minimum Gasteiger partial charge on any atom is -0.410 e. The van der Waals surface area contributed by atoms with E-state index in [9.17, 15) is 9.18 Å². The Bertz CT molecular complexity index is 540. The van der Waals surface area contributed by atoms with Gasteiger partial charge in [-0.05, 0) is 36.8 Å². The fourth-order valence-corrected chi connectivity index (χ4v) is 1.64. The molecule has 2 aromatic carbocycles. The molecule has 0 aliphatic rings. The third-order valence-corrected chi connectivity index (χ3v) is 2.66. The molecule has 0 radical (unpaired) electrons. The average molecular weight is 259 g/mol. The molecule has 0 aromatic heterocycles. The van der Waals surface area contributed by atoms with E-state index >= 15 is 0 Å². The van der Waals surface area contributed by atoms with Gasteiger partial charge in [-0.1, -0.05) is 30.3 Å². The number of ether oxygens (including phenoxy) is 1. The molecule has 0 saturated carbocycles. The highest BCUT2D eigenvalue weighted by molar-refractivity contribution is 5.70. The van der Waals surface area contributed by atoms with E-state index in [1.54, 1.807) is 43.3 Å². The zero-order chi connectivity index (χ0) is 13.7. The van der Waals surface area contributed by atoms with Gasteiger partial charge in [-0.25, -0.2) is 9.18 Å². The van der Waals surface area contributed by atoms with Crippen molar-refractivity contribution < 1.29 is 13.9 Å². The van der Waals surface area contributed by atoms with Gasteiger partial charge in [-0.2, -0.15) is 0 Å². The van der Waals surface area contributed by atoms with Crippen LogP contribution in [0, 0.1) is 5.82 Å². The molecule has 0 bridgehead atoms. The van der Waals surface area contributed by atoms with Gasteiger partial charge in [-0.3, -0.25) is 0 Å². The highest BCUT2D eigenvalue weighted by Crippen LogP contribution is 2.14. The molecule has 98 valence electrons. The van der Waals surface area contributed by atoms with Gasteiger partial charge in [0, 0.05) is 0 Å². The second-order valence-corrected chi connectivity index (χ2v) is 4.12. The Kier molecular flexibility index (Phi) is 4.13. The summed E-state index contributed by atoms with van der Waals surface area (Å²) < 4.78 is 17.9. The summed E-state index contributed by atoms with van der Waals surface area (Å²) in [5.41, 5.74) is 0.811. The molecule has 0 unspecified atom stereocenters. The number of halogens is 1. The van der Waals surface area contributed by atoms with Gasteiger partial charge < -0.3 is 10.1 Å². The number of para-hydroxylation sites is 1. The maximum Gasteiger partial charge on any atom is 0.413 e. The molecule has 4 heteroatoms. The molecule has 0 aliphatic carbocycles. The quantitative estimate of drug-likeness (QED) is 0.913. The van der Waals surface area contributed by atoms with Crippen LogP contribution in [-0.2, 0) is 0 Å². The van der Waals surface area contributed by atoms with E-state index in [0.29, 0.717) is 5.75 Å². The van der Waals surface area contributed by atoms with Crippen LogP contribution in [0.4, 0.5) is 9.18 Å². The molecule has 0 aliphatic heterocycles. The van der Waals surface area contributed by atoms with Gasteiger partial charge >= 0.3 is 6.09 Å². The highest BCUT2D eigenvalue weighted by Gasteiger charge is 2.11. The summed E-state index contributed by atoms with van der Waals surface area (Å²) in [6, 6.07) is 14.5. The number of hydrogen-bond donors (Lipinski definition) is 1. The molecule has 0 spiro atoms. The summed E-state index contributed by atoms with van der Waals surface area (Å²) in [5, 5.41) is 2.68. The first kappa shape index (κ1) is 13.1. The molecular weight excluding hydrogens is 245 g/mol. The van der Waals surface area contributed by atoms with Crippen molar-refractivity contribution in [2.45, 2.75) is 13.0 Å². The van der Waals surface area contributed by atoms with Crippen LogP contribution in [-0.4, -0.2) is 6.09 Å². The van der Waals surface area contributed by atoms with Gasteiger partial charge in [0.15, 0.2) is 0 Å². The van der Waals surface area contributed by atoms with Crippen LogP contribution in [0.2, 0.25) is 0 Å². The molecule has 3 nitrogen and oxygen atoms in total. The van der Waals surface area contributed by atoms with E-state index in [4.69, 9.17) is 4.74 Å². The Labute approximate surface area is 111 Å². The second-order valence-electron chi connectivity index (χ2n) is 4.12. The van der Waals surface area contributed by atoms with Crippen LogP contribution >= 0.6 is 0 Å². The lowest BCUT2D eigenvalue weighted by molar-refractivity contribution is 0.197. The normalized spacial score (nSPS) is 11.7. The zero-order valence-electron chi connectivity index (χ0n) is 10.5. The van der Waals surface area contributed by atoms with Gasteiger partial charge in [0.05, 0.1) is 6.04 Å². The van der Waals surface area contributed by atoms with E-state index in [-0.39, 0.29) is 11.9 Å². The average Bonchev–Trinajstić information content (AvgIpc) is 2.40. The number of rotatable bonds is 3. The maximum absolute atomic E-state index is 12.8. The van der Waals surface area contributed by atoms with Crippen LogP contribution in [0.15, 0.2) is 54.6 Å². The molecule has 2 aromatic rings. The third-order valence-electron chi connectivity index (χ3n) is 2.66. The minimum atomic E-state index is -0.539. The highest BCUT2D eigenvalue weighted by atomic mass is 19.1. The lowest BCUT2D eigenvalue weighted by Crippen LogP contribution is -2.29. The summed E-state index contributed by atoms with van der Waals surface area (Å²) in [6.45, 7) is 1.81. The number of benzene rings is 2. The van der Waals surface area contributed by atoms with Gasteiger partial charge in [0.25, 0.3) is 0 Å². The standard InChI is InChI=1S/C15H14FNO2/c1-11(12-7-9-13(16)10-8-12)17-15(18)19-14-5-3-2-4-6-14/h2-11H,1H3,(H,17,18)/t11-/m0/s1. The second kappa shape index (κ2) is 6.00. The first-order chi connectivity index (χ1) is 9.15. The first-order valence-corrected chi connectivity index (χ1v) is 5.94. The lowest BCUT2D eigenvalue weighted by atomic mass is 10.1. The summed E-state index contributed by atoms with van der Waals surface area (Å²) in [6.07, 6.45) is -0.539.